The van der Waals surface area contributed by atoms with Crippen LogP contribution in [0.5, 0.6) is 0 Å². The van der Waals surface area contributed by atoms with Crippen molar-refractivity contribution in [1.82, 2.24) is 0 Å². The van der Waals surface area contributed by atoms with Gasteiger partial charge in [-0.2, -0.15) is 0 Å². The minimum atomic E-state index is -0.916. The normalized spacial score (nSPS) is 20.0. The van der Waals surface area contributed by atoms with Crippen molar-refractivity contribution in [3.63, 3.8) is 0 Å². The third-order valence-electron chi connectivity index (χ3n) is 3.98. The molecule has 23 heavy (non-hydrogen) atoms. The Morgan fingerprint density at radius 1 is 1.00 bits per heavy atom. The number of nitro groups is 1. The monoisotopic (exact) mass is 315 g/mol. The number of hydrogen-bond donors (Lipinski definition) is 0. The van der Waals surface area contributed by atoms with Crippen molar-refractivity contribution in [2.24, 2.45) is 0 Å². The van der Waals surface area contributed by atoms with E-state index in [-0.39, 0.29) is 47.1 Å². The molecule has 0 aromatic heterocycles. The molecule has 0 amide bonds. The minimum Gasteiger partial charge on any atom is -0.458 e. The van der Waals surface area contributed by atoms with Crippen LogP contribution >= 0.6 is 0 Å². The number of cyclic esters (lactones) is 2. The van der Waals surface area contributed by atoms with Gasteiger partial charge < -0.3 is 14.2 Å². The molecule has 3 aliphatic heterocycles. The molecule has 1 aromatic carbocycles. The summed E-state index contributed by atoms with van der Waals surface area (Å²) in [6.45, 7) is -0.119. The highest BCUT2D eigenvalue weighted by Crippen LogP contribution is 2.47. The minimum absolute atomic E-state index is 0.0593. The molecule has 1 aromatic rings. The van der Waals surface area contributed by atoms with Crippen molar-refractivity contribution < 1.29 is 28.7 Å². The molecule has 0 N–H and O–H groups in total. The number of hydrogen-bond acceptors (Lipinski definition) is 7. The maximum absolute atomic E-state index is 12.1. The topological polar surface area (TPSA) is 105 Å². The van der Waals surface area contributed by atoms with Crippen molar-refractivity contribution >= 4 is 17.6 Å². The van der Waals surface area contributed by atoms with Crippen LogP contribution in [0.15, 0.2) is 46.9 Å². The summed E-state index contributed by atoms with van der Waals surface area (Å²) < 4.78 is 15.5. The van der Waals surface area contributed by atoms with Gasteiger partial charge in [0.2, 0.25) is 0 Å². The van der Waals surface area contributed by atoms with E-state index < -0.39 is 22.8 Å². The van der Waals surface area contributed by atoms with E-state index in [1.54, 1.807) is 6.07 Å². The van der Waals surface area contributed by atoms with Gasteiger partial charge in [0.15, 0.2) is 11.5 Å². The first-order valence-corrected chi connectivity index (χ1v) is 6.79. The van der Waals surface area contributed by atoms with Gasteiger partial charge in [0.25, 0.3) is 5.69 Å². The van der Waals surface area contributed by atoms with Gasteiger partial charge in [0, 0.05) is 11.6 Å². The quantitative estimate of drug-likeness (QED) is 0.460. The fourth-order valence-electron chi connectivity index (χ4n) is 3.03. The number of carbonyl (C=O) groups excluding carboxylic acids is 2. The Balaban J connectivity index is 1.96. The summed E-state index contributed by atoms with van der Waals surface area (Å²) in [4.78, 5) is 34.9. The maximum atomic E-state index is 12.1. The molecule has 116 valence electrons. The lowest BCUT2D eigenvalue weighted by Gasteiger charge is -2.22. The second-order valence-corrected chi connectivity index (χ2v) is 5.18. The van der Waals surface area contributed by atoms with Gasteiger partial charge in [-0.25, -0.2) is 9.59 Å². The van der Waals surface area contributed by atoms with Crippen LogP contribution in [0.4, 0.5) is 5.69 Å². The van der Waals surface area contributed by atoms with E-state index in [9.17, 15) is 19.7 Å². The van der Waals surface area contributed by atoms with Crippen LogP contribution in [0.2, 0.25) is 0 Å². The third-order valence-corrected chi connectivity index (χ3v) is 3.98. The van der Waals surface area contributed by atoms with E-state index in [0.29, 0.717) is 0 Å². The molecule has 3 heterocycles. The Morgan fingerprint density at radius 3 is 2.13 bits per heavy atom. The summed E-state index contributed by atoms with van der Waals surface area (Å²) in [5.41, 5.74) is 0.296. The smallest absolute Gasteiger partial charge is 0.339 e. The van der Waals surface area contributed by atoms with E-state index in [1.165, 1.54) is 18.2 Å². The van der Waals surface area contributed by atoms with Gasteiger partial charge in [-0.05, 0) is 0 Å². The van der Waals surface area contributed by atoms with Gasteiger partial charge in [-0.15, -0.1) is 0 Å². The fourth-order valence-corrected chi connectivity index (χ4v) is 3.03. The lowest BCUT2D eigenvalue weighted by molar-refractivity contribution is -0.385. The van der Waals surface area contributed by atoms with Crippen molar-refractivity contribution in [3.8, 4) is 0 Å². The van der Waals surface area contributed by atoms with Crippen molar-refractivity contribution in [3.05, 3.63) is 62.6 Å². The predicted octanol–water partition coefficient (Wildman–Crippen LogP) is 1.33. The summed E-state index contributed by atoms with van der Waals surface area (Å²) in [5, 5.41) is 11.3. The molecule has 4 rings (SSSR count). The van der Waals surface area contributed by atoms with Gasteiger partial charge in [-0.3, -0.25) is 10.1 Å². The highest BCUT2D eigenvalue weighted by Gasteiger charge is 2.48. The maximum Gasteiger partial charge on any atom is 0.339 e. The van der Waals surface area contributed by atoms with E-state index in [1.807, 2.05) is 0 Å². The molecule has 0 unspecified atom stereocenters. The second kappa shape index (κ2) is 4.67. The average molecular weight is 315 g/mol. The summed E-state index contributed by atoms with van der Waals surface area (Å²) >= 11 is 0. The summed E-state index contributed by atoms with van der Waals surface area (Å²) in [6.07, 6.45) is 0. The highest BCUT2D eigenvalue weighted by atomic mass is 16.6. The zero-order chi connectivity index (χ0) is 16.1. The molecule has 0 radical (unpaired) electrons. The standard InChI is InChI=1S/C15H9NO7/c17-14-12-9(5-21-14)23-10-6-22-15(18)13(10)11(12)7-3-1-2-4-8(7)16(19)20/h1-4,11H,5-6H2. The molecule has 8 heteroatoms. The largest absolute Gasteiger partial charge is 0.458 e. The molecule has 3 aliphatic rings. The lowest BCUT2D eigenvalue weighted by atomic mass is 9.82. The summed E-state index contributed by atoms with van der Waals surface area (Å²) in [6, 6.07) is 5.97. The van der Waals surface area contributed by atoms with Crippen LogP contribution in [0, 0.1) is 10.1 Å². The van der Waals surface area contributed by atoms with Gasteiger partial charge in [0.1, 0.15) is 13.2 Å². The Hall–Kier alpha value is -3.16. The van der Waals surface area contributed by atoms with Crippen LogP contribution in [-0.2, 0) is 23.8 Å². The molecule has 0 atom stereocenters. The van der Waals surface area contributed by atoms with E-state index in [4.69, 9.17) is 14.2 Å². The first-order chi connectivity index (χ1) is 11.1. The number of esters is 2. The summed E-state index contributed by atoms with van der Waals surface area (Å²) in [7, 11) is 0. The Labute approximate surface area is 129 Å². The number of benzene rings is 1. The SMILES string of the molecule is O=C1OCC2=C1C(c1ccccc1[N+](=O)[O-])C1=C(COC1=O)O2. The molecular formula is C15H9NO7. The number of nitrogens with zero attached hydrogens (tertiary/aromatic N) is 1. The van der Waals surface area contributed by atoms with Crippen LogP contribution in [0.3, 0.4) is 0 Å². The first kappa shape index (κ1) is 13.5. The molecule has 0 aliphatic carbocycles. The van der Waals surface area contributed by atoms with E-state index in [0.717, 1.165) is 0 Å². The lowest BCUT2D eigenvalue weighted by Crippen LogP contribution is -2.21. The van der Waals surface area contributed by atoms with Gasteiger partial charge >= 0.3 is 11.9 Å². The summed E-state index contributed by atoms with van der Waals surface area (Å²) in [5.74, 6) is -1.66. The van der Waals surface area contributed by atoms with E-state index in [2.05, 4.69) is 0 Å². The zero-order valence-corrected chi connectivity index (χ0v) is 11.6. The Morgan fingerprint density at radius 2 is 1.57 bits per heavy atom. The number of nitro benzene ring substituents is 1. The molecule has 0 bridgehead atoms. The van der Waals surface area contributed by atoms with Gasteiger partial charge in [0.05, 0.1) is 22.0 Å². The molecule has 0 saturated carbocycles. The first-order valence-electron chi connectivity index (χ1n) is 6.79. The van der Waals surface area contributed by atoms with Crippen molar-refractivity contribution in [1.29, 1.82) is 0 Å². The Bertz CT molecular complexity index is 796. The third kappa shape index (κ3) is 1.84. The van der Waals surface area contributed by atoms with Crippen molar-refractivity contribution in [2.45, 2.75) is 5.92 Å². The van der Waals surface area contributed by atoms with Crippen LogP contribution in [0.25, 0.3) is 0 Å². The van der Waals surface area contributed by atoms with Crippen LogP contribution < -0.4 is 0 Å². The number of para-hydroxylation sites is 1. The number of ether oxygens (including phenoxy) is 3. The average Bonchev–Trinajstić information content (AvgIpc) is 3.09. The van der Waals surface area contributed by atoms with Crippen LogP contribution in [0.1, 0.15) is 11.5 Å². The predicted molar refractivity (Wildman–Crippen MR) is 72.9 cm³/mol. The number of rotatable bonds is 2. The molecule has 0 spiro atoms. The molecule has 0 fully saturated rings. The Kier molecular flexibility index (Phi) is 2.74. The zero-order valence-electron chi connectivity index (χ0n) is 11.6. The second-order valence-electron chi connectivity index (χ2n) is 5.18. The van der Waals surface area contributed by atoms with E-state index >= 15 is 0 Å². The van der Waals surface area contributed by atoms with Crippen LogP contribution in [-0.4, -0.2) is 30.1 Å². The number of carbonyl (C=O) groups is 2. The highest BCUT2D eigenvalue weighted by molar-refractivity contribution is 6.02. The molecular weight excluding hydrogens is 306 g/mol. The fraction of sp³-hybridized carbons (Fsp3) is 0.200. The molecule has 8 nitrogen and oxygen atoms in total. The van der Waals surface area contributed by atoms with Crippen molar-refractivity contribution in [2.75, 3.05) is 13.2 Å². The molecule has 0 saturated heterocycles. The van der Waals surface area contributed by atoms with Gasteiger partial charge in [-0.1, -0.05) is 18.2 Å².